The Bertz CT molecular complexity index is 895. The molecule has 6 nitrogen and oxygen atoms in total. The fourth-order valence-corrected chi connectivity index (χ4v) is 2.44. The van der Waals surface area contributed by atoms with Gasteiger partial charge >= 0.3 is 0 Å². The third-order valence-corrected chi connectivity index (χ3v) is 3.66. The molecule has 0 amide bonds. The van der Waals surface area contributed by atoms with Crippen molar-refractivity contribution in [1.29, 1.82) is 0 Å². The van der Waals surface area contributed by atoms with Gasteiger partial charge in [-0.3, -0.25) is 4.79 Å². The first-order valence-corrected chi connectivity index (χ1v) is 7.90. The molecule has 3 aromatic rings. The van der Waals surface area contributed by atoms with Crippen molar-refractivity contribution in [2.45, 2.75) is 6.92 Å². The largest absolute Gasteiger partial charge is 0.383 e. The summed E-state index contributed by atoms with van der Waals surface area (Å²) in [6, 6.07) is 16.9. The van der Waals surface area contributed by atoms with Crippen LogP contribution in [0.5, 0.6) is 0 Å². The summed E-state index contributed by atoms with van der Waals surface area (Å²) >= 11 is 0. The Labute approximate surface area is 146 Å². The first-order valence-electron chi connectivity index (χ1n) is 7.90. The number of aromatic nitrogens is 4. The maximum Gasteiger partial charge on any atom is 0.198 e. The highest BCUT2D eigenvalue weighted by Crippen LogP contribution is 2.21. The molecular formula is C19H19N5O. The summed E-state index contributed by atoms with van der Waals surface area (Å²) in [5.74, 6) is 0.281. The fourth-order valence-electron chi connectivity index (χ4n) is 2.44. The van der Waals surface area contributed by atoms with E-state index in [0.29, 0.717) is 17.0 Å². The predicted molar refractivity (Wildman–Crippen MR) is 96.3 cm³/mol. The van der Waals surface area contributed by atoms with Crippen molar-refractivity contribution in [1.82, 2.24) is 25.1 Å². The number of hydrogen-bond donors (Lipinski definition) is 0. The molecule has 0 aliphatic heterocycles. The molecule has 1 heterocycles. The molecule has 0 spiro atoms. The number of tetrazole rings is 1. The van der Waals surface area contributed by atoms with E-state index in [1.807, 2.05) is 68.4 Å². The molecule has 6 heteroatoms. The Balaban J connectivity index is 2.09. The molecule has 0 saturated heterocycles. The SMILES string of the molecule is Cc1ccc(-n2nnnc2C(=CN(C)C)C(=O)c2ccccc2)cc1. The lowest BCUT2D eigenvalue weighted by Crippen LogP contribution is -2.13. The number of carbonyl (C=O) groups excluding carboxylic acids is 1. The monoisotopic (exact) mass is 333 g/mol. The number of rotatable bonds is 5. The standard InChI is InChI=1S/C19H19N5O/c1-14-9-11-16(12-10-14)24-19(20-21-22-24)17(13-23(2)3)18(25)15-7-5-4-6-8-15/h4-13H,1-3H3. The second-order valence-electron chi connectivity index (χ2n) is 5.95. The molecular weight excluding hydrogens is 314 g/mol. The lowest BCUT2D eigenvalue weighted by atomic mass is 10.0. The third kappa shape index (κ3) is 3.63. The smallest absolute Gasteiger partial charge is 0.198 e. The fraction of sp³-hybridized carbons (Fsp3) is 0.158. The molecule has 0 fully saturated rings. The van der Waals surface area contributed by atoms with Gasteiger partial charge in [-0.05, 0) is 29.5 Å². The summed E-state index contributed by atoms with van der Waals surface area (Å²) in [6.07, 6.45) is 1.74. The minimum absolute atomic E-state index is 0.127. The highest BCUT2D eigenvalue weighted by atomic mass is 16.1. The van der Waals surface area contributed by atoms with Gasteiger partial charge < -0.3 is 4.90 Å². The summed E-state index contributed by atoms with van der Waals surface area (Å²) < 4.78 is 1.58. The van der Waals surface area contributed by atoms with Gasteiger partial charge in [0.05, 0.1) is 11.3 Å². The maximum atomic E-state index is 13.0. The number of hydrogen-bond acceptors (Lipinski definition) is 5. The highest BCUT2D eigenvalue weighted by molar-refractivity contribution is 6.28. The average Bonchev–Trinajstić information content (AvgIpc) is 3.10. The molecule has 0 radical (unpaired) electrons. The van der Waals surface area contributed by atoms with Crippen LogP contribution in [0.2, 0.25) is 0 Å². The Kier molecular flexibility index (Phi) is 4.70. The number of nitrogens with zero attached hydrogens (tertiary/aromatic N) is 5. The summed E-state index contributed by atoms with van der Waals surface area (Å²) in [5, 5.41) is 11.9. The van der Waals surface area contributed by atoms with Gasteiger partial charge in [0, 0.05) is 25.9 Å². The van der Waals surface area contributed by atoms with Crippen LogP contribution in [0.4, 0.5) is 0 Å². The molecule has 0 atom stereocenters. The highest BCUT2D eigenvalue weighted by Gasteiger charge is 2.21. The molecule has 0 bridgehead atoms. The van der Waals surface area contributed by atoms with Gasteiger partial charge in [0.2, 0.25) is 0 Å². The summed E-state index contributed by atoms with van der Waals surface area (Å²) in [6.45, 7) is 2.01. The van der Waals surface area contributed by atoms with Crippen molar-refractivity contribution in [3.8, 4) is 5.69 Å². The van der Waals surface area contributed by atoms with Crippen molar-refractivity contribution in [3.63, 3.8) is 0 Å². The van der Waals surface area contributed by atoms with Crippen LogP contribution in [0.25, 0.3) is 11.3 Å². The third-order valence-electron chi connectivity index (χ3n) is 3.66. The number of ketones is 1. The minimum atomic E-state index is -0.127. The molecule has 126 valence electrons. The van der Waals surface area contributed by atoms with Crippen molar-refractivity contribution in [2.75, 3.05) is 14.1 Å². The predicted octanol–water partition coefficient (Wildman–Crippen LogP) is 2.76. The van der Waals surface area contributed by atoms with E-state index in [2.05, 4.69) is 15.5 Å². The molecule has 0 saturated carbocycles. The van der Waals surface area contributed by atoms with Crippen LogP contribution in [0.15, 0.2) is 60.8 Å². The number of Topliss-reactive ketones (excluding diaryl/α,β-unsaturated/α-hetero) is 1. The molecule has 3 rings (SSSR count). The number of benzene rings is 2. The molecule has 0 aliphatic carbocycles. The summed E-state index contributed by atoms with van der Waals surface area (Å²) in [7, 11) is 3.72. The van der Waals surface area contributed by atoms with E-state index in [4.69, 9.17) is 0 Å². The maximum absolute atomic E-state index is 13.0. The van der Waals surface area contributed by atoms with Gasteiger partial charge in [-0.15, -0.1) is 5.10 Å². The summed E-state index contributed by atoms with van der Waals surface area (Å²) in [4.78, 5) is 14.8. The Morgan fingerprint density at radius 3 is 2.36 bits per heavy atom. The topological polar surface area (TPSA) is 63.9 Å². The molecule has 0 aliphatic rings. The molecule has 0 unspecified atom stereocenters. The van der Waals surface area contributed by atoms with E-state index in [-0.39, 0.29) is 5.78 Å². The zero-order valence-electron chi connectivity index (χ0n) is 14.4. The van der Waals surface area contributed by atoms with Gasteiger partial charge in [0.15, 0.2) is 11.6 Å². The number of carbonyl (C=O) groups is 1. The quantitative estimate of drug-likeness (QED) is 0.531. The number of allylic oxidation sites excluding steroid dienone is 1. The van der Waals surface area contributed by atoms with Gasteiger partial charge in [-0.2, -0.15) is 4.68 Å². The van der Waals surface area contributed by atoms with Gasteiger partial charge in [-0.25, -0.2) is 0 Å². The van der Waals surface area contributed by atoms with E-state index in [0.717, 1.165) is 11.3 Å². The van der Waals surface area contributed by atoms with E-state index < -0.39 is 0 Å². The molecule has 0 N–H and O–H groups in total. The van der Waals surface area contributed by atoms with Gasteiger partial charge in [0.1, 0.15) is 0 Å². The van der Waals surface area contributed by atoms with Crippen molar-refractivity contribution < 1.29 is 4.79 Å². The van der Waals surface area contributed by atoms with Crippen LogP contribution >= 0.6 is 0 Å². The van der Waals surface area contributed by atoms with Crippen LogP contribution in [0, 0.1) is 6.92 Å². The normalized spacial score (nSPS) is 11.4. The minimum Gasteiger partial charge on any atom is -0.383 e. The van der Waals surface area contributed by atoms with E-state index in [1.54, 1.807) is 23.0 Å². The van der Waals surface area contributed by atoms with Crippen LogP contribution in [0.3, 0.4) is 0 Å². The Hall–Kier alpha value is -3.28. The lowest BCUT2D eigenvalue weighted by molar-refractivity contribution is 0.105. The second-order valence-corrected chi connectivity index (χ2v) is 5.95. The molecule has 1 aromatic heterocycles. The number of aryl methyl sites for hydroxylation is 1. The van der Waals surface area contributed by atoms with Crippen LogP contribution in [0.1, 0.15) is 21.7 Å². The lowest BCUT2D eigenvalue weighted by Gasteiger charge is -2.12. The van der Waals surface area contributed by atoms with E-state index in [9.17, 15) is 4.79 Å². The zero-order chi connectivity index (χ0) is 17.8. The van der Waals surface area contributed by atoms with Crippen LogP contribution in [-0.2, 0) is 0 Å². The Morgan fingerprint density at radius 1 is 1.04 bits per heavy atom. The van der Waals surface area contributed by atoms with Crippen LogP contribution < -0.4 is 0 Å². The van der Waals surface area contributed by atoms with Crippen molar-refractivity contribution in [3.05, 3.63) is 77.7 Å². The van der Waals surface area contributed by atoms with Crippen molar-refractivity contribution >= 4 is 11.4 Å². The first-order chi connectivity index (χ1) is 12.1. The van der Waals surface area contributed by atoms with Crippen LogP contribution in [-0.4, -0.2) is 45.0 Å². The first kappa shape index (κ1) is 16.6. The Morgan fingerprint density at radius 2 is 1.72 bits per heavy atom. The molecule has 25 heavy (non-hydrogen) atoms. The second kappa shape index (κ2) is 7.09. The van der Waals surface area contributed by atoms with Gasteiger partial charge in [-0.1, -0.05) is 48.0 Å². The zero-order valence-corrected chi connectivity index (χ0v) is 14.4. The van der Waals surface area contributed by atoms with E-state index in [1.165, 1.54) is 0 Å². The van der Waals surface area contributed by atoms with Crippen molar-refractivity contribution in [2.24, 2.45) is 0 Å². The van der Waals surface area contributed by atoms with E-state index >= 15 is 0 Å². The molecule has 2 aromatic carbocycles. The van der Waals surface area contributed by atoms with Gasteiger partial charge in [0.25, 0.3) is 0 Å². The average molecular weight is 333 g/mol. The summed E-state index contributed by atoms with van der Waals surface area (Å²) in [5.41, 5.74) is 2.97.